The van der Waals surface area contributed by atoms with E-state index < -0.39 is 5.97 Å². The number of nitrogens with one attached hydrogen (secondary N) is 1. The van der Waals surface area contributed by atoms with Gasteiger partial charge in [0.25, 0.3) is 5.91 Å². The molecule has 2 N–H and O–H groups in total. The van der Waals surface area contributed by atoms with Crippen molar-refractivity contribution in [2.75, 3.05) is 5.32 Å². The van der Waals surface area contributed by atoms with E-state index in [4.69, 9.17) is 5.11 Å². The molecule has 2 aromatic rings. The number of anilines is 1. The van der Waals surface area contributed by atoms with E-state index in [-0.39, 0.29) is 5.91 Å². The second-order valence-corrected chi connectivity index (χ2v) is 4.68. The molecule has 2 heterocycles. The normalized spacial score (nSPS) is 10.8. The molecule has 0 fully saturated rings. The predicted molar refractivity (Wildman–Crippen MR) is 69.9 cm³/mol. The highest BCUT2D eigenvalue weighted by Gasteiger charge is 2.10. The van der Waals surface area contributed by atoms with Crippen molar-refractivity contribution in [1.29, 1.82) is 0 Å². The Morgan fingerprint density at radius 2 is 2.26 bits per heavy atom. The fourth-order valence-corrected chi connectivity index (χ4v) is 1.98. The van der Waals surface area contributed by atoms with E-state index in [2.05, 4.69) is 15.3 Å². The number of aromatic nitrogens is 3. The second kappa shape index (κ2) is 5.44. The molecule has 0 aliphatic rings. The smallest absolute Gasteiger partial charge is 0.328 e. The Bertz CT molecular complexity index is 644. The number of hydrogen-bond donors (Lipinski definition) is 2. The molecule has 0 unspecified atom stereocenters. The van der Waals surface area contributed by atoms with Gasteiger partial charge in [0.1, 0.15) is 5.69 Å². The molecule has 2 aromatic heterocycles. The Balaban J connectivity index is 2.04. The number of nitrogens with zero attached hydrogens (tertiary/aromatic N) is 3. The Kier molecular flexibility index (Phi) is 3.71. The summed E-state index contributed by atoms with van der Waals surface area (Å²) < 4.78 is 1.66. The summed E-state index contributed by atoms with van der Waals surface area (Å²) in [6.45, 7) is 0. The molecule has 19 heavy (non-hydrogen) atoms. The third-order valence-corrected chi connectivity index (χ3v) is 2.95. The zero-order valence-corrected chi connectivity index (χ0v) is 10.7. The lowest BCUT2D eigenvalue weighted by Crippen LogP contribution is -2.11. The second-order valence-electron chi connectivity index (χ2n) is 3.62. The van der Waals surface area contributed by atoms with Gasteiger partial charge in [-0.05, 0) is 6.08 Å². The number of hydrogen-bond acceptors (Lipinski definition) is 5. The average Bonchev–Trinajstić information content (AvgIpc) is 2.95. The lowest BCUT2D eigenvalue weighted by molar-refractivity contribution is -0.131. The van der Waals surface area contributed by atoms with E-state index in [1.54, 1.807) is 17.8 Å². The van der Waals surface area contributed by atoms with Crippen LogP contribution >= 0.6 is 11.3 Å². The molecule has 2 rings (SSSR count). The van der Waals surface area contributed by atoms with Crippen LogP contribution in [0.15, 0.2) is 24.8 Å². The van der Waals surface area contributed by atoms with Crippen molar-refractivity contribution in [2.45, 2.75) is 0 Å². The largest absolute Gasteiger partial charge is 0.478 e. The van der Waals surface area contributed by atoms with Crippen molar-refractivity contribution >= 4 is 34.4 Å². The highest BCUT2D eigenvalue weighted by atomic mass is 32.1. The van der Waals surface area contributed by atoms with Crippen LogP contribution in [0.5, 0.6) is 0 Å². The minimum absolute atomic E-state index is 0.292. The summed E-state index contributed by atoms with van der Waals surface area (Å²) >= 11 is 1.18. The van der Waals surface area contributed by atoms with E-state index in [1.165, 1.54) is 29.9 Å². The standard InChI is InChI=1S/C11H10N4O3S/c1-15-5-8(13-6-15)10(18)14-11-12-4-7(19-11)2-3-9(16)17/h2-6H,1H3,(H,16,17)(H,12,14,18)/b3-2+. The molecule has 0 aliphatic carbocycles. The van der Waals surface area contributed by atoms with Crippen LogP contribution in [0.4, 0.5) is 5.13 Å². The van der Waals surface area contributed by atoms with Crippen LogP contribution in [0.2, 0.25) is 0 Å². The van der Waals surface area contributed by atoms with Gasteiger partial charge in [0.2, 0.25) is 0 Å². The molecule has 8 heteroatoms. The molecular weight excluding hydrogens is 268 g/mol. The van der Waals surface area contributed by atoms with Crippen molar-refractivity contribution in [3.63, 3.8) is 0 Å². The van der Waals surface area contributed by atoms with E-state index in [0.29, 0.717) is 15.7 Å². The van der Waals surface area contributed by atoms with Crippen LogP contribution in [0, 0.1) is 0 Å². The molecule has 0 radical (unpaired) electrons. The SMILES string of the molecule is Cn1cnc(C(=O)Nc2ncc(/C=C/C(=O)O)s2)c1. The number of carboxylic acid groups (broad SMARTS) is 1. The summed E-state index contributed by atoms with van der Waals surface area (Å²) in [7, 11) is 1.77. The summed E-state index contributed by atoms with van der Waals surface area (Å²) in [6.07, 6.45) is 7.03. The summed E-state index contributed by atoms with van der Waals surface area (Å²) in [5, 5.41) is 11.5. The Labute approximate surface area is 112 Å². The van der Waals surface area contributed by atoms with Gasteiger partial charge in [-0.25, -0.2) is 14.8 Å². The van der Waals surface area contributed by atoms with Crippen LogP contribution in [0.25, 0.3) is 6.08 Å². The third kappa shape index (κ3) is 3.49. The fraction of sp³-hybridized carbons (Fsp3) is 0.0909. The molecule has 0 atom stereocenters. The Morgan fingerprint density at radius 3 is 2.89 bits per heavy atom. The Hall–Kier alpha value is -2.48. The van der Waals surface area contributed by atoms with E-state index in [9.17, 15) is 9.59 Å². The lowest BCUT2D eigenvalue weighted by atomic mass is 10.4. The molecule has 0 bridgehead atoms. The van der Waals surface area contributed by atoms with Gasteiger partial charge < -0.3 is 9.67 Å². The number of rotatable bonds is 4. The van der Waals surface area contributed by atoms with Gasteiger partial charge in [-0.15, -0.1) is 0 Å². The molecular formula is C11H10N4O3S. The summed E-state index contributed by atoms with van der Waals surface area (Å²) in [5.74, 6) is -1.39. The predicted octanol–water partition coefficient (Wildman–Crippen LogP) is 1.23. The van der Waals surface area contributed by atoms with Crippen molar-refractivity contribution in [1.82, 2.24) is 14.5 Å². The zero-order valence-electron chi connectivity index (χ0n) is 9.90. The van der Waals surface area contributed by atoms with Crippen molar-refractivity contribution < 1.29 is 14.7 Å². The van der Waals surface area contributed by atoms with Gasteiger partial charge >= 0.3 is 5.97 Å². The number of aliphatic carboxylic acids is 1. The van der Waals surface area contributed by atoms with E-state index >= 15 is 0 Å². The van der Waals surface area contributed by atoms with Crippen molar-refractivity contribution in [3.8, 4) is 0 Å². The molecule has 0 saturated heterocycles. The monoisotopic (exact) mass is 278 g/mol. The van der Waals surface area contributed by atoms with E-state index in [1.807, 2.05) is 0 Å². The zero-order chi connectivity index (χ0) is 13.8. The van der Waals surface area contributed by atoms with Crippen molar-refractivity contribution in [3.05, 3.63) is 35.4 Å². The van der Waals surface area contributed by atoms with Crippen LogP contribution < -0.4 is 5.32 Å². The number of carbonyl (C=O) groups excluding carboxylic acids is 1. The lowest BCUT2D eigenvalue weighted by Gasteiger charge is -1.96. The van der Waals surface area contributed by atoms with Gasteiger partial charge in [0.15, 0.2) is 5.13 Å². The topological polar surface area (TPSA) is 97.1 Å². The summed E-state index contributed by atoms with van der Waals surface area (Å²) in [4.78, 5) is 30.7. The summed E-state index contributed by atoms with van der Waals surface area (Å²) in [5.41, 5.74) is 0.292. The molecule has 0 aliphatic heterocycles. The number of carboxylic acids is 1. The number of imidazole rings is 1. The van der Waals surface area contributed by atoms with Gasteiger partial charge in [-0.3, -0.25) is 10.1 Å². The number of carbonyl (C=O) groups is 2. The van der Waals surface area contributed by atoms with Crippen LogP contribution in [0.3, 0.4) is 0 Å². The first kappa shape index (κ1) is 13.0. The molecule has 0 aromatic carbocycles. The van der Waals surface area contributed by atoms with Crippen LogP contribution in [0.1, 0.15) is 15.4 Å². The Morgan fingerprint density at radius 1 is 1.47 bits per heavy atom. The van der Waals surface area contributed by atoms with Crippen molar-refractivity contribution in [2.24, 2.45) is 7.05 Å². The molecule has 7 nitrogen and oxygen atoms in total. The molecule has 1 amide bonds. The number of amides is 1. The fourth-order valence-electron chi connectivity index (χ4n) is 1.27. The maximum Gasteiger partial charge on any atom is 0.328 e. The quantitative estimate of drug-likeness (QED) is 0.820. The van der Waals surface area contributed by atoms with Gasteiger partial charge in [0, 0.05) is 30.4 Å². The maximum absolute atomic E-state index is 11.8. The molecule has 0 spiro atoms. The number of aryl methyl sites for hydroxylation is 1. The highest BCUT2D eigenvalue weighted by molar-refractivity contribution is 7.16. The van der Waals surface area contributed by atoms with Crippen LogP contribution in [-0.2, 0) is 11.8 Å². The van der Waals surface area contributed by atoms with Crippen LogP contribution in [-0.4, -0.2) is 31.5 Å². The highest BCUT2D eigenvalue weighted by Crippen LogP contribution is 2.19. The molecule has 0 saturated carbocycles. The first-order valence-electron chi connectivity index (χ1n) is 5.21. The van der Waals surface area contributed by atoms with Gasteiger partial charge in [-0.2, -0.15) is 0 Å². The first-order valence-corrected chi connectivity index (χ1v) is 6.02. The minimum Gasteiger partial charge on any atom is -0.478 e. The number of thiazole rings is 1. The van der Waals surface area contributed by atoms with Gasteiger partial charge in [-0.1, -0.05) is 11.3 Å². The van der Waals surface area contributed by atoms with E-state index in [0.717, 1.165) is 6.08 Å². The first-order chi connectivity index (χ1) is 9.04. The minimum atomic E-state index is -1.03. The summed E-state index contributed by atoms with van der Waals surface area (Å²) in [6, 6.07) is 0. The maximum atomic E-state index is 11.8. The molecule has 98 valence electrons. The third-order valence-electron chi connectivity index (χ3n) is 2.07. The average molecular weight is 278 g/mol. The van der Waals surface area contributed by atoms with Gasteiger partial charge in [0.05, 0.1) is 6.33 Å².